The van der Waals surface area contributed by atoms with Gasteiger partial charge in [-0.2, -0.15) is 0 Å². The van der Waals surface area contributed by atoms with Crippen molar-refractivity contribution in [3.8, 4) is 11.3 Å². The molecule has 0 radical (unpaired) electrons. The van der Waals surface area contributed by atoms with Crippen LogP contribution in [-0.2, 0) is 0 Å². The van der Waals surface area contributed by atoms with E-state index in [2.05, 4.69) is 21.2 Å². The molecular formula is C18H15ClN4OS2. The molecule has 0 aliphatic rings. The first-order valence-corrected chi connectivity index (χ1v) is 9.29. The van der Waals surface area contributed by atoms with Crippen molar-refractivity contribution in [3.05, 3.63) is 69.5 Å². The lowest BCUT2D eigenvalue weighted by Crippen LogP contribution is -2.43. The van der Waals surface area contributed by atoms with E-state index in [-0.39, 0.29) is 11.0 Å². The zero-order valence-electron chi connectivity index (χ0n) is 13.7. The molecule has 2 aromatic carbocycles. The van der Waals surface area contributed by atoms with Crippen molar-refractivity contribution < 1.29 is 4.79 Å². The molecule has 0 fully saturated rings. The molecule has 0 unspecified atom stereocenters. The molecule has 1 amide bonds. The Morgan fingerprint density at radius 1 is 1.12 bits per heavy atom. The number of aromatic nitrogens is 1. The number of nitrogens with zero attached hydrogens (tertiary/aromatic N) is 1. The number of hydrogen-bond donors (Lipinski definition) is 3. The van der Waals surface area contributed by atoms with Crippen LogP contribution in [0.2, 0.25) is 5.02 Å². The summed E-state index contributed by atoms with van der Waals surface area (Å²) in [6, 6.07) is 16.7. The van der Waals surface area contributed by atoms with Crippen molar-refractivity contribution in [1.82, 2.24) is 15.8 Å². The number of aryl methyl sites for hydroxylation is 1. The fourth-order valence-corrected chi connectivity index (χ4v) is 3.47. The first-order valence-electron chi connectivity index (χ1n) is 7.68. The number of anilines is 1. The maximum absolute atomic E-state index is 12.6. The van der Waals surface area contributed by atoms with Gasteiger partial charge in [0.2, 0.25) is 0 Å². The summed E-state index contributed by atoms with van der Waals surface area (Å²) in [7, 11) is 0. The van der Waals surface area contributed by atoms with E-state index in [1.807, 2.05) is 43.3 Å². The van der Waals surface area contributed by atoms with Crippen LogP contribution >= 0.6 is 35.2 Å². The number of hydrazine groups is 1. The summed E-state index contributed by atoms with van der Waals surface area (Å²) in [5.41, 5.74) is 7.56. The fraction of sp³-hybridized carbons (Fsp3) is 0.0556. The molecule has 1 heterocycles. The van der Waals surface area contributed by atoms with E-state index in [9.17, 15) is 4.79 Å². The van der Waals surface area contributed by atoms with Gasteiger partial charge in [-0.3, -0.25) is 15.6 Å². The van der Waals surface area contributed by atoms with E-state index in [1.54, 1.807) is 18.2 Å². The SMILES string of the molecule is Cc1nc(-c2ccccc2)c(C(=O)NNC(=S)Nc2cccc(Cl)c2)s1. The summed E-state index contributed by atoms with van der Waals surface area (Å²) in [6.45, 7) is 1.87. The molecular weight excluding hydrogens is 388 g/mol. The number of amides is 1. The van der Waals surface area contributed by atoms with Crippen LogP contribution in [0.1, 0.15) is 14.7 Å². The van der Waals surface area contributed by atoms with Crippen molar-refractivity contribution in [2.45, 2.75) is 6.92 Å². The van der Waals surface area contributed by atoms with Crippen molar-refractivity contribution >= 4 is 51.9 Å². The number of nitrogens with one attached hydrogen (secondary N) is 3. The Labute approximate surface area is 165 Å². The van der Waals surface area contributed by atoms with Crippen LogP contribution in [0.25, 0.3) is 11.3 Å². The fourth-order valence-electron chi connectivity index (χ4n) is 2.27. The molecule has 3 aromatic rings. The van der Waals surface area contributed by atoms with Crippen LogP contribution in [0.15, 0.2) is 54.6 Å². The molecule has 3 rings (SSSR count). The molecule has 0 aliphatic carbocycles. The Balaban J connectivity index is 1.66. The maximum atomic E-state index is 12.6. The van der Waals surface area contributed by atoms with Gasteiger partial charge in [0.05, 0.1) is 10.7 Å². The number of benzene rings is 2. The summed E-state index contributed by atoms with van der Waals surface area (Å²) < 4.78 is 0. The van der Waals surface area contributed by atoms with E-state index in [0.717, 1.165) is 16.3 Å². The second kappa shape index (κ2) is 8.27. The van der Waals surface area contributed by atoms with E-state index >= 15 is 0 Å². The molecule has 0 atom stereocenters. The molecule has 26 heavy (non-hydrogen) atoms. The van der Waals surface area contributed by atoms with Gasteiger partial charge in [-0.05, 0) is 37.3 Å². The standard InChI is InChI=1S/C18H15ClN4OS2/c1-11-20-15(12-6-3-2-4-7-12)16(26-11)17(24)22-23-18(25)21-14-9-5-8-13(19)10-14/h2-10H,1H3,(H,22,24)(H2,21,23,25). The Kier molecular flexibility index (Phi) is 5.82. The molecule has 1 aromatic heterocycles. The van der Waals surface area contributed by atoms with E-state index in [1.165, 1.54) is 11.3 Å². The van der Waals surface area contributed by atoms with Gasteiger partial charge in [0.1, 0.15) is 4.88 Å². The largest absolute Gasteiger partial charge is 0.331 e. The average Bonchev–Trinajstić information content (AvgIpc) is 3.02. The van der Waals surface area contributed by atoms with Crippen LogP contribution in [0.3, 0.4) is 0 Å². The summed E-state index contributed by atoms with van der Waals surface area (Å²) in [4.78, 5) is 17.5. The number of rotatable bonds is 3. The predicted octanol–water partition coefficient (Wildman–Crippen LogP) is 4.40. The second-order valence-corrected chi connectivity index (χ2v) is 7.37. The molecule has 0 saturated carbocycles. The van der Waals surface area contributed by atoms with Crippen LogP contribution in [0, 0.1) is 6.92 Å². The highest BCUT2D eigenvalue weighted by Crippen LogP contribution is 2.27. The molecule has 0 aliphatic heterocycles. The number of thiocarbonyl (C=S) groups is 1. The molecule has 0 bridgehead atoms. The summed E-state index contributed by atoms with van der Waals surface area (Å²) in [5, 5.41) is 4.61. The topological polar surface area (TPSA) is 66.0 Å². The Morgan fingerprint density at radius 3 is 2.62 bits per heavy atom. The van der Waals surface area contributed by atoms with Crippen molar-refractivity contribution in [2.24, 2.45) is 0 Å². The van der Waals surface area contributed by atoms with Gasteiger partial charge >= 0.3 is 0 Å². The average molecular weight is 403 g/mol. The molecule has 3 N–H and O–H groups in total. The monoisotopic (exact) mass is 402 g/mol. The lowest BCUT2D eigenvalue weighted by atomic mass is 10.1. The Bertz CT molecular complexity index is 943. The summed E-state index contributed by atoms with van der Waals surface area (Å²) >= 11 is 12.5. The number of hydrogen-bond acceptors (Lipinski definition) is 4. The minimum atomic E-state index is -0.301. The normalized spacial score (nSPS) is 10.2. The Morgan fingerprint density at radius 2 is 1.88 bits per heavy atom. The summed E-state index contributed by atoms with van der Waals surface area (Å²) in [5.74, 6) is -0.301. The van der Waals surface area contributed by atoms with Crippen LogP contribution in [0.5, 0.6) is 0 Å². The number of carbonyl (C=O) groups excluding carboxylic acids is 1. The van der Waals surface area contributed by atoms with E-state index < -0.39 is 0 Å². The lowest BCUT2D eigenvalue weighted by molar-refractivity contribution is 0.0948. The molecule has 0 spiro atoms. The van der Waals surface area contributed by atoms with Gasteiger partial charge in [-0.25, -0.2) is 4.98 Å². The zero-order valence-corrected chi connectivity index (χ0v) is 16.1. The third-order valence-corrected chi connectivity index (χ3v) is 4.77. The molecule has 0 saturated heterocycles. The Hall–Kier alpha value is -2.48. The maximum Gasteiger partial charge on any atom is 0.282 e. The van der Waals surface area contributed by atoms with E-state index in [4.69, 9.17) is 23.8 Å². The zero-order chi connectivity index (χ0) is 18.5. The van der Waals surface area contributed by atoms with Crippen LogP contribution < -0.4 is 16.2 Å². The van der Waals surface area contributed by atoms with Crippen molar-refractivity contribution in [2.75, 3.05) is 5.32 Å². The van der Waals surface area contributed by atoms with Gasteiger partial charge in [0, 0.05) is 16.3 Å². The first-order chi connectivity index (χ1) is 12.5. The van der Waals surface area contributed by atoms with Crippen molar-refractivity contribution in [1.29, 1.82) is 0 Å². The predicted molar refractivity (Wildman–Crippen MR) is 111 cm³/mol. The van der Waals surface area contributed by atoms with E-state index in [0.29, 0.717) is 15.6 Å². The second-order valence-electron chi connectivity index (χ2n) is 5.32. The molecule has 8 heteroatoms. The van der Waals surface area contributed by atoms with Gasteiger partial charge < -0.3 is 5.32 Å². The number of carbonyl (C=O) groups is 1. The van der Waals surface area contributed by atoms with Gasteiger partial charge in [0.25, 0.3) is 5.91 Å². The number of thiazole rings is 1. The third-order valence-electron chi connectivity index (χ3n) is 3.36. The van der Waals surface area contributed by atoms with Gasteiger partial charge in [0.15, 0.2) is 5.11 Å². The highest BCUT2D eigenvalue weighted by Gasteiger charge is 2.18. The highest BCUT2D eigenvalue weighted by molar-refractivity contribution is 7.80. The van der Waals surface area contributed by atoms with Gasteiger partial charge in [-0.1, -0.05) is 48.0 Å². The molecule has 5 nitrogen and oxygen atoms in total. The number of halogens is 1. The smallest absolute Gasteiger partial charge is 0.282 e. The quantitative estimate of drug-likeness (QED) is 0.447. The van der Waals surface area contributed by atoms with Crippen molar-refractivity contribution in [3.63, 3.8) is 0 Å². The van der Waals surface area contributed by atoms with Crippen LogP contribution in [-0.4, -0.2) is 16.0 Å². The lowest BCUT2D eigenvalue weighted by Gasteiger charge is -2.11. The third kappa shape index (κ3) is 4.57. The minimum Gasteiger partial charge on any atom is -0.331 e. The first kappa shape index (κ1) is 18.3. The molecule has 132 valence electrons. The van der Waals surface area contributed by atoms with Gasteiger partial charge in [-0.15, -0.1) is 11.3 Å². The minimum absolute atomic E-state index is 0.253. The highest BCUT2D eigenvalue weighted by atomic mass is 35.5. The summed E-state index contributed by atoms with van der Waals surface area (Å²) in [6.07, 6.45) is 0. The van der Waals surface area contributed by atoms with Crippen LogP contribution in [0.4, 0.5) is 5.69 Å².